The van der Waals surface area contributed by atoms with Gasteiger partial charge in [-0.1, -0.05) is 26.0 Å². The molecule has 0 radical (unpaired) electrons. The van der Waals surface area contributed by atoms with Gasteiger partial charge >= 0.3 is 5.97 Å². The Morgan fingerprint density at radius 1 is 1.14 bits per heavy atom. The third-order valence-corrected chi connectivity index (χ3v) is 6.47. The van der Waals surface area contributed by atoms with Gasteiger partial charge in [0.1, 0.15) is 10.8 Å². The van der Waals surface area contributed by atoms with Crippen molar-refractivity contribution in [3.63, 3.8) is 0 Å². The summed E-state index contributed by atoms with van der Waals surface area (Å²) in [4.78, 5) is 26.4. The highest BCUT2D eigenvalue weighted by Gasteiger charge is 2.28. The summed E-state index contributed by atoms with van der Waals surface area (Å²) >= 11 is 1.48. The van der Waals surface area contributed by atoms with Crippen LogP contribution in [0.15, 0.2) is 18.2 Å². The molecule has 1 aliphatic carbocycles. The van der Waals surface area contributed by atoms with Gasteiger partial charge < -0.3 is 14.8 Å². The normalized spacial score (nSPS) is 14.3. The topological polar surface area (TPSA) is 64.6 Å². The summed E-state index contributed by atoms with van der Waals surface area (Å²) in [7, 11) is 1.37. The van der Waals surface area contributed by atoms with Crippen LogP contribution < -0.4 is 10.1 Å². The molecule has 5 nitrogen and oxygen atoms in total. The van der Waals surface area contributed by atoms with Crippen molar-refractivity contribution in [3.05, 3.63) is 45.3 Å². The standard InChI is InChI=1S/C23H29NO4S/c1-13(2)16-11-10-14(3)12-18(16)28-15(4)21(25)24-22-20(23(26)27-5)17-8-6-7-9-19(17)29-22/h10-13,15H,6-9H2,1-5H3,(H,24,25)/t15-/m0/s1. The zero-order chi connectivity index (χ0) is 21.1. The van der Waals surface area contributed by atoms with Gasteiger partial charge in [0, 0.05) is 4.88 Å². The summed E-state index contributed by atoms with van der Waals surface area (Å²) in [5, 5.41) is 3.49. The molecule has 0 saturated heterocycles. The van der Waals surface area contributed by atoms with Crippen LogP contribution in [0.25, 0.3) is 0 Å². The summed E-state index contributed by atoms with van der Waals surface area (Å²) in [6.07, 6.45) is 3.24. The largest absolute Gasteiger partial charge is 0.481 e. The van der Waals surface area contributed by atoms with Crippen LogP contribution in [0.1, 0.15) is 71.5 Å². The van der Waals surface area contributed by atoms with Gasteiger partial charge in [-0.15, -0.1) is 11.3 Å². The number of carbonyl (C=O) groups excluding carboxylic acids is 2. The zero-order valence-corrected chi connectivity index (χ0v) is 18.6. The Bertz CT molecular complexity index is 916. The van der Waals surface area contributed by atoms with Crippen molar-refractivity contribution in [2.45, 2.75) is 65.4 Å². The van der Waals surface area contributed by atoms with Crippen LogP contribution in [-0.2, 0) is 22.4 Å². The predicted molar refractivity (Wildman–Crippen MR) is 116 cm³/mol. The number of ether oxygens (including phenoxy) is 2. The predicted octanol–water partition coefficient (Wildman–Crippen LogP) is 5.25. The molecule has 0 aliphatic heterocycles. The number of benzene rings is 1. The summed E-state index contributed by atoms with van der Waals surface area (Å²) in [6.45, 7) is 7.93. The van der Waals surface area contributed by atoms with E-state index in [9.17, 15) is 9.59 Å². The van der Waals surface area contributed by atoms with E-state index in [4.69, 9.17) is 9.47 Å². The van der Waals surface area contributed by atoms with Crippen LogP contribution in [0.4, 0.5) is 5.00 Å². The van der Waals surface area contributed by atoms with Gasteiger partial charge in [0.25, 0.3) is 5.91 Å². The number of rotatable bonds is 6. The Morgan fingerprint density at radius 3 is 2.55 bits per heavy atom. The SMILES string of the molecule is COC(=O)c1c(NC(=O)[C@H](C)Oc2cc(C)ccc2C(C)C)sc2c1CCCC2. The van der Waals surface area contributed by atoms with E-state index >= 15 is 0 Å². The fourth-order valence-corrected chi connectivity index (χ4v) is 4.93. The van der Waals surface area contributed by atoms with Gasteiger partial charge in [0.05, 0.1) is 12.7 Å². The Labute approximate surface area is 176 Å². The summed E-state index contributed by atoms with van der Waals surface area (Å²) < 4.78 is 11.0. The third-order valence-electron chi connectivity index (χ3n) is 5.26. The highest BCUT2D eigenvalue weighted by Crippen LogP contribution is 2.38. The van der Waals surface area contributed by atoms with Crippen molar-refractivity contribution >= 4 is 28.2 Å². The van der Waals surface area contributed by atoms with E-state index in [-0.39, 0.29) is 11.8 Å². The lowest BCUT2D eigenvalue weighted by molar-refractivity contribution is -0.122. The first-order valence-electron chi connectivity index (χ1n) is 10.1. The average Bonchev–Trinajstić information content (AvgIpc) is 3.04. The maximum absolute atomic E-state index is 12.9. The number of esters is 1. The summed E-state index contributed by atoms with van der Waals surface area (Å²) in [6, 6.07) is 6.05. The van der Waals surface area contributed by atoms with E-state index in [0.717, 1.165) is 48.1 Å². The number of thiophene rings is 1. The fourth-order valence-electron chi connectivity index (χ4n) is 3.65. The molecule has 1 aromatic carbocycles. The molecule has 3 rings (SSSR count). The van der Waals surface area contributed by atoms with Crippen LogP contribution in [0.3, 0.4) is 0 Å². The lowest BCUT2D eigenvalue weighted by Gasteiger charge is -2.19. The minimum absolute atomic E-state index is 0.273. The molecule has 156 valence electrons. The first-order valence-corrected chi connectivity index (χ1v) is 10.9. The van der Waals surface area contributed by atoms with E-state index in [1.165, 1.54) is 23.3 Å². The van der Waals surface area contributed by atoms with Crippen molar-refractivity contribution in [1.29, 1.82) is 0 Å². The lowest BCUT2D eigenvalue weighted by Crippen LogP contribution is -2.30. The van der Waals surface area contributed by atoms with Gasteiger partial charge in [-0.3, -0.25) is 4.79 Å². The number of methoxy groups -OCH3 is 1. The molecule has 0 bridgehead atoms. The van der Waals surface area contributed by atoms with E-state index in [2.05, 4.69) is 19.2 Å². The van der Waals surface area contributed by atoms with Crippen LogP contribution in [-0.4, -0.2) is 25.1 Å². The Morgan fingerprint density at radius 2 is 1.86 bits per heavy atom. The van der Waals surface area contributed by atoms with Crippen LogP contribution in [0, 0.1) is 6.92 Å². The van der Waals surface area contributed by atoms with Crippen molar-refractivity contribution in [2.75, 3.05) is 12.4 Å². The van der Waals surface area contributed by atoms with Crippen LogP contribution in [0.2, 0.25) is 0 Å². The molecule has 1 aliphatic rings. The number of nitrogens with one attached hydrogen (secondary N) is 1. The first kappa shape index (κ1) is 21.4. The van der Waals surface area contributed by atoms with E-state index in [1.54, 1.807) is 6.92 Å². The number of amides is 1. The van der Waals surface area contributed by atoms with Crippen molar-refractivity contribution in [1.82, 2.24) is 0 Å². The average molecular weight is 416 g/mol. The van der Waals surface area contributed by atoms with E-state index in [1.807, 2.05) is 25.1 Å². The molecular weight excluding hydrogens is 386 g/mol. The molecule has 0 spiro atoms. The lowest BCUT2D eigenvalue weighted by atomic mass is 9.95. The van der Waals surface area contributed by atoms with E-state index in [0.29, 0.717) is 10.6 Å². The maximum atomic E-state index is 12.9. The molecule has 2 aromatic rings. The third kappa shape index (κ3) is 4.64. The Hall–Kier alpha value is -2.34. The highest BCUT2D eigenvalue weighted by atomic mass is 32.1. The molecule has 1 aromatic heterocycles. The number of aryl methyl sites for hydroxylation is 2. The number of hydrogen-bond donors (Lipinski definition) is 1. The second kappa shape index (κ2) is 8.99. The molecule has 1 amide bonds. The molecule has 1 atom stereocenters. The minimum Gasteiger partial charge on any atom is -0.481 e. The second-order valence-corrected chi connectivity index (χ2v) is 8.96. The van der Waals surface area contributed by atoms with Gasteiger partial charge in [0.15, 0.2) is 6.10 Å². The molecule has 0 unspecified atom stereocenters. The van der Waals surface area contributed by atoms with Crippen LogP contribution in [0.5, 0.6) is 5.75 Å². The monoisotopic (exact) mass is 415 g/mol. The fraction of sp³-hybridized carbons (Fsp3) is 0.478. The molecule has 1 N–H and O–H groups in total. The van der Waals surface area contributed by atoms with E-state index < -0.39 is 12.1 Å². The minimum atomic E-state index is -0.695. The Balaban J connectivity index is 1.81. The number of fused-ring (bicyclic) bond motifs is 1. The Kier molecular flexibility index (Phi) is 6.63. The summed E-state index contributed by atoms with van der Waals surface area (Å²) in [5.74, 6) is 0.344. The molecule has 6 heteroatoms. The smallest absolute Gasteiger partial charge is 0.341 e. The van der Waals surface area contributed by atoms with Gasteiger partial charge in [-0.05, 0) is 68.2 Å². The number of anilines is 1. The van der Waals surface area contributed by atoms with Crippen molar-refractivity contribution in [2.24, 2.45) is 0 Å². The second-order valence-electron chi connectivity index (χ2n) is 7.85. The summed E-state index contributed by atoms with van der Waals surface area (Å²) in [5.41, 5.74) is 3.68. The van der Waals surface area contributed by atoms with Crippen LogP contribution >= 0.6 is 11.3 Å². The molecule has 0 fully saturated rings. The first-order chi connectivity index (χ1) is 13.8. The quantitative estimate of drug-likeness (QED) is 0.654. The van der Waals surface area contributed by atoms with Crippen molar-refractivity contribution < 1.29 is 19.1 Å². The number of hydrogen-bond acceptors (Lipinski definition) is 5. The maximum Gasteiger partial charge on any atom is 0.341 e. The zero-order valence-electron chi connectivity index (χ0n) is 17.8. The van der Waals surface area contributed by atoms with Gasteiger partial charge in [0.2, 0.25) is 0 Å². The van der Waals surface area contributed by atoms with Gasteiger partial charge in [-0.25, -0.2) is 4.79 Å². The number of carbonyl (C=O) groups is 2. The van der Waals surface area contributed by atoms with Crippen molar-refractivity contribution in [3.8, 4) is 5.75 Å². The van der Waals surface area contributed by atoms with Gasteiger partial charge in [-0.2, -0.15) is 0 Å². The molecular formula is C23H29NO4S. The molecule has 29 heavy (non-hydrogen) atoms. The molecule has 1 heterocycles. The molecule has 0 saturated carbocycles. The highest BCUT2D eigenvalue weighted by molar-refractivity contribution is 7.17.